The van der Waals surface area contributed by atoms with Crippen molar-refractivity contribution in [2.75, 3.05) is 0 Å². The first kappa shape index (κ1) is 20.7. The van der Waals surface area contributed by atoms with Crippen LogP contribution in [-0.2, 0) is 6.61 Å². The lowest BCUT2D eigenvalue weighted by Gasteiger charge is -2.15. The quantitative estimate of drug-likeness (QED) is 0.480. The average molecular weight is 430 g/mol. The number of hydrogen-bond donors (Lipinski definition) is 1. The molecule has 0 amide bonds. The summed E-state index contributed by atoms with van der Waals surface area (Å²) in [6.45, 7) is 0.382. The van der Waals surface area contributed by atoms with Gasteiger partial charge in [0.1, 0.15) is 12.4 Å². The summed E-state index contributed by atoms with van der Waals surface area (Å²) in [6.07, 6.45) is 2.67. The second kappa shape index (κ2) is 9.07. The zero-order valence-electron chi connectivity index (χ0n) is 16.8. The van der Waals surface area contributed by atoms with Crippen molar-refractivity contribution in [2.24, 2.45) is 0 Å². The van der Waals surface area contributed by atoms with E-state index in [0.29, 0.717) is 22.9 Å². The van der Waals surface area contributed by atoms with Crippen LogP contribution in [0.3, 0.4) is 0 Å². The van der Waals surface area contributed by atoms with Gasteiger partial charge >= 0.3 is 5.97 Å². The number of halogens is 1. The van der Waals surface area contributed by atoms with Gasteiger partial charge in [0.15, 0.2) is 0 Å². The second-order valence-electron chi connectivity index (χ2n) is 7.43. The molecule has 0 heterocycles. The Morgan fingerprint density at radius 2 is 1.81 bits per heavy atom. The number of nitriles is 1. The minimum atomic E-state index is -0.944. The second-order valence-corrected chi connectivity index (χ2v) is 7.87. The number of ether oxygens (including phenoxy) is 1. The summed E-state index contributed by atoms with van der Waals surface area (Å²) in [5.41, 5.74) is 5.82. The molecule has 4 nitrogen and oxygen atoms in total. The molecule has 4 rings (SSSR count). The van der Waals surface area contributed by atoms with E-state index in [1.165, 1.54) is 0 Å². The van der Waals surface area contributed by atoms with Crippen molar-refractivity contribution >= 4 is 28.7 Å². The van der Waals surface area contributed by atoms with E-state index >= 15 is 0 Å². The third-order valence-corrected chi connectivity index (χ3v) is 5.67. The maximum atomic E-state index is 11.4. The molecule has 1 aliphatic rings. The monoisotopic (exact) mass is 429 g/mol. The molecule has 0 fully saturated rings. The summed E-state index contributed by atoms with van der Waals surface area (Å²) in [6, 6.07) is 22.2. The number of allylic oxidation sites excluding steroid dienone is 2. The lowest BCUT2D eigenvalue weighted by molar-refractivity contribution is 0.0697. The number of rotatable bonds is 6. The first-order valence-corrected chi connectivity index (χ1v) is 10.4. The number of benzene rings is 3. The van der Waals surface area contributed by atoms with E-state index in [1.54, 1.807) is 24.3 Å². The summed E-state index contributed by atoms with van der Waals surface area (Å²) in [5.74, 6) is -0.238. The van der Waals surface area contributed by atoms with Gasteiger partial charge in [-0.2, -0.15) is 5.26 Å². The van der Waals surface area contributed by atoms with Crippen LogP contribution in [-0.4, -0.2) is 11.1 Å². The van der Waals surface area contributed by atoms with Crippen LogP contribution >= 0.6 is 11.6 Å². The molecule has 31 heavy (non-hydrogen) atoms. The molecule has 1 N–H and O–H groups in total. The fourth-order valence-corrected chi connectivity index (χ4v) is 4.03. The van der Waals surface area contributed by atoms with E-state index in [9.17, 15) is 15.2 Å². The number of nitrogens with zero attached hydrogens (tertiary/aromatic N) is 1. The first-order valence-electron chi connectivity index (χ1n) is 10.0. The Hall–Kier alpha value is -3.55. The van der Waals surface area contributed by atoms with Gasteiger partial charge in [0.25, 0.3) is 0 Å². The standard InChI is InChI=1S/C26H20ClNO3/c27-21-10-7-17(8-11-21)16-31-25-12-9-18(15-28)13-24(25)23-6-2-5-22(23)19-3-1-4-20(14-19)26(29)30/h1,3-4,7-14H,2,5-6,16H2,(H,29,30). The third-order valence-electron chi connectivity index (χ3n) is 5.42. The van der Waals surface area contributed by atoms with E-state index in [0.717, 1.165) is 47.1 Å². The van der Waals surface area contributed by atoms with E-state index < -0.39 is 5.97 Å². The Bertz CT molecular complexity index is 1210. The van der Waals surface area contributed by atoms with Crippen molar-refractivity contribution < 1.29 is 14.6 Å². The van der Waals surface area contributed by atoms with Crippen molar-refractivity contribution in [3.05, 3.63) is 99.6 Å². The van der Waals surface area contributed by atoms with Crippen LogP contribution in [0, 0.1) is 11.3 Å². The molecule has 0 aromatic heterocycles. The SMILES string of the molecule is N#Cc1ccc(OCc2ccc(Cl)cc2)c(C2=C(c3cccc(C(=O)O)c3)CCC2)c1. The van der Waals surface area contributed by atoms with Crippen LogP contribution in [0.15, 0.2) is 66.7 Å². The van der Waals surface area contributed by atoms with Gasteiger partial charge in [-0.3, -0.25) is 0 Å². The number of hydrogen-bond acceptors (Lipinski definition) is 3. The minimum absolute atomic E-state index is 0.265. The first-order chi connectivity index (χ1) is 15.0. The van der Waals surface area contributed by atoms with Gasteiger partial charge in [-0.05, 0) is 84.0 Å². The molecule has 3 aromatic rings. The molecule has 0 bridgehead atoms. The lowest BCUT2D eigenvalue weighted by Crippen LogP contribution is -2.00. The van der Waals surface area contributed by atoms with Crippen LogP contribution in [0.25, 0.3) is 11.1 Å². The van der Waals surface area contributed by atoms with Crippen LogP contribution in [0.5, 0.6) is 5.75 Å². The molecule has 0 radical (unpaired) electrons. The fourth-order valence-electron chi connectivity index (χ4n) is 3.90. The van der Waals surface area contributed by atoms with E-state index in [1.807, 2.05) is 42.5 Å². The molecular weight excluding hydrogens is 410 g/mol. The molecule has 0 aliphatic heterocycles. The number of carboxylic acids is 1. The van der Waals surface area contributed by atoms with Crippen LogP contribution in [0.4, 0.5) is 0 Å². The third kappa shape index (κ3) is 4.63. The Kier molecular flexibility index (Phi) is 6.06. The summed E-state index contributed by atoms with van der Waals surface area (Å²) in [5, 5.41) is 19.5. The molecule has 0 saturated carbocycles. The highest BCUT2D eigenvalue weighted by molar-refractivity contribution is 6.30. The highest BCUT2D eigenvalue weighted by Gasteiger charge is 2.22. The van der Waals surface area contributed by atoms with Gasteiger partial charge in [0.05, 0.1) is 17.2 Å². The van der Waals surface area contributed by atoms with E-state index in [2.05, 4.69) is 6.07 Å². The molecule has 1 aliphatic carbocycles. The van der Waals surface area contributed by atoms with Gasteiger partial charge in [0, 0.05) is 10.6 Å². The topological polar surface area (TPSA) is 70.3 Å². The van der Waals surface area contributed by atoms with Crippen LogP contribution in [0.1, 0.15) is 51.9 Å². The van der Waals surface area contributed by atoms with Gasteiger partial charge in [0.2, 0.25) is 0 Å². The fraction of sp³-hybridized carbons (Fsp3) is 0.154. The predicted molar refractivity (Wildman–Crippen MR) is 121 cm³/mol. The highest BCUT2D eigenvalue weighted by Crippen LogP contribution is 2.43. The maximum Gasteiger partial charge on any atom is 0.335 e. The summed E-state index contributed by atoms with van der Waals surface area (Å²) >= 11 is 5.96. The summed E-state index contributed by atoms with van der Waals surface area (Å²) in [4.78, 5) is 11.4. The van der Waals surface area contributed by atoms with Crippen molar-refractivity contribution in [3.63, 3.8) is 0 Å². The smallest absolute Gasteiger partial charge is 0.335 e. The largest absolute Gasteiger partial charge is 0.488 e. The molecule has 0 saturated heterocycles. The normalized spacial score (nSPS) is 13.2. The number of carbonyl (C=O) groups is 1. The molecule has 5 heteroatoms. The molecule has 0 atom stereocenters. The van der Waals surface area contributed by atoms with Crippen molar-refractivity contribution in [1.82, 2.24) is 0 Å². The predicted octanol–water partition coefficient (Wildman–Crippen LogP) is 6.58. The van der Waals surface area contributed by atoms with Gasteiger partial charge in [-0.1, -0.05) is 35.9 Å². The zero-order valence-corrected chi connectivity index (χ0v) is 17.5. The van der Waals surface area contributed by atoms with Crippen molar-refractivity contribution in [2.45, 2.75) is 25.9 Å². The maximum absolute atomic E-state index is 11.4. The van der Waals surface area contributed by atoms with Crippen molar-refractivity contribution in [3.8, 4) is 11.8 Å². The summed E-state index contributed by atoms with van der Waals surface area (Å²) in [7, 11) is 0. The van der Waals surface area contributed by atoms with Crippen molar-refractivity contribution in [1.29, 1.82) is 5.26 Å². The van der Waals surface area contributed by atoms with Crippen LogP contribution < -0.4 is 4.74 Å². The Morgan fingerprint density at radius 3 is 2.55 bits per heavy atom. The molecular formula is C26H20ClNO3. The highest BCUT2D eigenvalue weighted by atomic mass is 35.5. The van der Waals surface area contributed by atoms with Gasteiger partial charge in [-0.15, -0.1) is 0 Å². The zero-order chi connectivity index (χ0) is 21.8. The number of aromatic carboxylic acids is 1. The average Bonchev–Trinajstić information content (AvgIpc) is 3.28. The molecule has 0 unspecified atom stereocenters. The molecule has 154 valence electrons. The van der Waals surface area contributed by atoms with Gasteiger partial charge in [-0.25, -0.2) is 4.79 Å². The van der Waals surface area contributed by atoms with E-state index in [-0.39, 0.29) is 5.56 Å². The Balaban J connectivity index is 1.73. The Labute approximate surface area is 186 Å². The minimum Gasteiger partial charge on any atom is -0.488 e. The number of carboxylic acid groups (broad SMARTS) is 1. The molecule has 0 spiro atoms. The van der Waals surface area contributed by atoms with E-state index in [4.69, 9.17) is 16.3 Å². The lowest BCUT2D eigenvalue weighted by atomic mass is 9.94. The summed E-state index contributed by atoms with van der Waals surface area (Å²) < 4.78 is 6.14. The van der Waals surface area contributed by atoms with Crippen LogP contribution in [0.2, 0.25) is 5.02 Å². The van der Waals surface area contributed by atoms with Gasteiger partial charge < -0.3 is 9.84 Å². The molecule has 3 aromatic carbocycles. The Morgan fingerprint density at radius 1 is 1.03 bits per heavy atom.